The Hall–Kier alpha value is -2.66. The maximum Gasteiger partial charge on any atom is 0.322 e. The molecule has 0 aliphatic carbocycles. The number of urea groups is 1. The summed E-state index contributed by atoms with van der Waals surface area (Å²) in [6.45, 7) is 5.85. The van der Waals surface area contributed by atoms with Gasteiger partial charge < -0.3 is 19.7 Å². The molecule has 2 aromatic carbocycles. The molecule has 5 nitrogen and oxygen atoms in total. The summed E-state index contributed by atoms with van der Waals surface area (Å²) in [5.41, 5.74) is 3.04. The average Bonchev–Trinajstić information content (AvgIpc) is 3.06. The Balaban J connectivity index is 1.44. The number of nitrogens with one attached hydrogen (secondary N) is 1. The van der Waals surface area contributed by atoms with Gasteiger partial charge in [0, 0.05) is 44.3 Å². The number of nitrogens with zero attached hydrogens (tertiary/aromatic N) is 3. The van der Waals surface area contributed by atoms with E-state index in [1.165, 1.54) is 0 Å². The molecule has 140 valence electrons. The predicted octanol–water partition coefficient (Wildman–Crippen LogP) is 4.67. The number of carbonyl (C=O) groups is 1. The second-order valence-corrected chi connectivity index (χ2v) is 7.11. The lowest BCUT2D eigenvalue weighted by Crippen LogP contribution is -2.50. The molecule has 2 heterocycles. The van der Waals surface area contributed by atoms with E-state index in [1.54, 1.807) is 0 Å². The van der Waals surface area contributed by atoms with Gasteiger partial charge in [-0.3, -0.25) is 0 Å². The lowest BCUT2D eigenvalue weighted by molar-refractivity contribution is 0.208. The molecule has 0 radical (unpaired) electrons. The normalized spacial score (nSPS) is 14.6. The highest BCUT2D eigenvalue weighted by Crippen LogP contribution is 2.28. The lowest BCUT2D eigenvalue weighted by Gasteiger charge is -2.36. The Morgan fingerprint density at radius 3 is 2.48 bits per heavy atom. The number of hydrogen-bond donors (Lipinski definition) is 1. The number of benzene rings is 2. The summed E-state index contributed by atoms with van der Waals surface area (Å²) in [5.74, 6) is 0. The van der Waals surface area contributed by atoms with Crippen molar-refractivity contribution in [2.75, 3.05) is 36.4 Å². The highest BCUT2D eigenvalue weighted by Gasteiger charge is 2.23. The van der Waals surface area contributed by atoms with Crippen LogP contribution < -0.4 is 10.2 Å². The van der Waals surface area contributed by atoms with E-state index in [9.17, 15) is 4.79 Å². The van der Waals surface area contributed by atoms with Gasteiger partial charge in [-0.25, -0.2) is 4.79 Å². The highest BCUT2D eigenvalue weighted by atomic mass is 35.5. The van der Waals surface area contributed by atoms with Crippen LogP contribution in [0.2, 0.25) is 5.02 Å². The lowest BCUT2D eigenvalue weighted by atomic mass is 10.2. The van der Waals surface area contributed by atoms with Crippen molar-refractivity contribution in [3.05, 3.63) is 59.8 Å². The molecule has 0 atom stereocenters. The van der Waals surface area contributed by atoms with E-state index >= 15 is 0 Å². The van der Waals surface area contributed by atoms with Gasteiger partial charge in [0.2, 0.25) is 0 Å². The van der Waals surface area contributed by atoms with Crippen LogP contribution in [0.3, 0.4) is 0 Å². The van der Waals surface area contributed by atoms with Gasteiger partial charge in [0.25, 0.3) is 0 Å². The largest absolute Gasteiger partial charge is 0.367 e. The topological polar surface area (TPSA) is 40.5 Å². The van der Waals surface area contributed by atoms with Crippen molar-refractivity contribution in [1.29, 1.82) is 0 Å². The number of aryl methyl sites for hydroxylation is 1. The number of carbonyl (C=O) groups excluding carboxylic acids is 1. The first-order valence-electron chi connectivity index (χ1n) is 9.30. The fourth-order valence-electron chi connectivity index (χ4n) is 3.66. The van der Waals surface area contributed by atoms with Crippen molar-refractivity contribution in [2.24, 2.45) is 0 Å². The third-order valence-electron chi connectivity index (χ3n) is 5.13. The number of halogens is 1. The molecule has 1 saturated heterocycles. The Bertz CT molecular complexity index is 960. The van der Waals surface area contributed by atoms with Crippen LogP contribution in [-0.4, -0.2) is 41.7 Å². The van der Waals surface area contributed by atoms with Gasteiger partial charge >= 0.3 is 6.03 Å². The molecule has 0 saturated carbocycles. The number of hydrogen-bond acceptors (Lipinski definition) is 2. The predicted molar refractivity (Wildman–Crippen MR) is 112 cm³/mol. The number of rotatable bonds is 3. The SMILES string of the molecule is CCn1cc(NC(=O)N2CCN(c3ccccc3Cl)CC2)c2ccccc21. The number of aromatic nitrogens is 1. The van der Waals surface area contributed by atoms with Crippen molar-refractivity contribution in [1.82, 2.24) is 9.47 Å². The minimum Gasteiger partial charge on any atom is -0.367 e. The fourth-order valence-corrected chi connectivity index (χ4v) is 3.92. The van der Waals surface area contributed by atoms with E-state index in [0.717, 1.165) is 46.9 Å². The molecule has 6 heteroatoms. The zero-order valence-corrected chi connectivity index (χ0v) is 16.1. The fraction of sp³-hybridized carbons (Fsp3) is 0.286. The molecule has 27 heavy (non-hydrogen) atoms. The molecule has 1 N–H and O–H groups in total. The summed E-state index contributed by atoms with van der Waals surface area (Å²) in [6.07, 6.45) is 2.02. The summed E-state index contributed by atoms with van der Waals surface area (Å²) in [4.78, 5) is 16.9. The van der Waals surface area contributed by atoms with Gasteiger partial charge in [0.15, 0.2) is 0 Å². The molecular formula is C21H23ClN4O. The Morgan fingerprint density at radius 2 is 1.74 bits per heavy atom. The molecule has 1 aromatic heterocycles. The van der Waals surface area contributed by atoms with E-state index in [2.05, 4.69) is 27.8 Å². The van der Waals surface area contributed by atoms with Gasteiger partial charge in [-0.2, -0.15) is 0 Å². The summed E-state index contributed by atoms with van der Waals surface area (Å²) in [5, 5.41) is 4.92. The standard InChI is InChI=1S/C21H23ClN4O/c1-2-24-15-18(16-7-3-5-9-19(16)24)23-21(27)26-13-11-25(12-14-26)20-10-6-4-8-17(20)22/h3-10,15H,2,11-14H2,1H3,(H,23,27). The van der Waals surface area contributed by atoms with E-state index in [0.29, 0.717) is 13.1 Å². The molecule has 1 fully saturated rings. The van der Waals surface area contributed by atoms with Crippen molar-refractivity contribution >= 4 is 39.9 Å². The number of piperazine rings is 1. The zero-order valence-electron chi connectivity index (χ0n) is 15.4. The average molecular weight is 383 g/mol. The van der Waals surface area contributed by atoms with Crippen LogP contribution in [0, 0.1) is 0 Å². The smallest absolute Gasteiger partial charge is 0.322 e. The third kappa shape index (κ3) is 3.47. The first kappa shape index (κ1) is 17.7. The maximum atomic E-state index is 12.8. The third-order valence-corrected chi connectivity index (χ3v) is 5.45. The van der Waals surface area contributed by atoms with Gasteiger partial charge in [0.1, 0.15) is 0 Å². The monoisotopic (exact) mass is 382 g/mol. The van der Waals surface area contributed by atoms with Crippen LogP contribution in [-0.2, 0) is 6.54 Å². The van der Waals surface area contributed by atoms with Gasteiger partial charge in [-0.15, -0.1) is 0 Å². The Labute approximate surface area is 164 Å². The minimum atomic E-state index is -0.0483. The van der Waals surface area contributed by atoms with Crippen LogP contribution in [0.25, 0.3) is 10.9 Å². The van der Waals surface area contributed by atoms with E-state index in [1.807, 2.05) is 53.6 Å². The summed E-state index contributed by atoms with van der Waals surface area (Å²) >= 11 is 6.30. The molecule has 1 aliphatic heterocycles. The quantitative estimate of drug-likeness (QED) is 0.715. The number of para-hydroxylation sites is 2. The van der Waals surface area contributed by atoms with Crippen LogP contribution in [0.1, 0.15) is 6.92 Å². The van der Waals surface area contributed by atoms with Crippen LogP contribution in [0.15, 0.2) is 54.7 Å². The first-order valence-corrected chi connectivity index (χ1v) is 9.68. The van der Waals surface area contributed by atoms with Crippen molar-refractivity contribution in [2.45, 2.75) is 13.5 Å². The second-order valence-electron chi connectivity index (χ2n) is 6.70. The van der Waals surface area contributed by atoms with Crippen molar-refractivity contribution in [3.63, 3.8) is 0 Å². The van der Waals surface area contributed by atoms with Crippen molar-refractivity contribution < 1.29 is 4.79 Å². The molecule has 1 aliphatic rings. The van der Waals surface area contributed by atoms with E-state index in [4.69, 9.17) is 11.6 Å². The van der Waals surface area contributed by atoms with Crippen LogP contribution >= 0.6 is 11.6 Å². The Kier molecular flexibility index (Phi) is 4.94. The first-order chi connectivity index (χ1) is 13.2. The molecule has 0 unspecified atom stereocenters. The zero-order chi connectivity index (χ0) is 18.8. The number of anilines is 2. The van der Waals surface area contributed by atoms with Crippen molar-refractivity contribution in [3.8, 4) is 0 Å². The summed E-state index contributed by atoms with van der Waals surface area (Å²) in [7, 11) is 0. The van der Waals surface area contributed by atoms with Gasteiger partial charge in [0.05, 0.1) is 21.9 Å². The minimum absolute atomic E-state index is 0.0483. The molecular weight excluding hydrogens is 360 g/mol. The van der Waals surface area contributed by atoms with Crippen LogP contribution in [0.4, 0.5) is 16.2 Å². The maximum absolute atomic E-state index is 12.8. The number of amides is 2. The Morgan fingerprint density at radius 1 is 1.04 bits per heavy atom. The van der Waals surface area contributed by atoms with Crippen LogP contribution in [0.5, 0.6) is 0 Å². The molecule has 3 aromatic rings. The van der Waals surface area contributed by atoms with Gasteiger partial charge in [-0.1, -0.05) is 41.9 Å². The molecule has 0 spiro atoms. The van der Waals surface area contributed by atoms with Gasteiger partial charge in [-0.05, 0) is 25.1 Å². The molecule has 4 rings (SSSR count). The summed E-state index contributed by atoms with van der Waals surface area (Å²) in [6, 6.07) is 16.0. The highest BCUT2D eigenvalue weighted by molar-refractivity contribution is 6.33. The molecule has 0 bridgehead atoms. The molecule has 2 amide bonds. The second kappa shape index (κ2) is 7.53. The van der Waals surface area contributed by atoms with E-state index in [-0.39, 0.29) is 6.03 Å². The summed E-state index contributed by atoms with van der Waals surface area (Å²) < 4.78 is 2.15. The number of fused-ring (bicyclic) bond motifs is 1. The van der Waals surface area contributed by atoms with E-state index < -0.39 is 0 Å².